The lowest BCUT2D eigenvalue weighted by molar-refractivity contribution is -0.137. The van der Waals surface area contributed by atoms with Gasteiger partial charge in [0.15, 0.2) is 11.6 Å². The van der Waals surface area contributed by atoms with Gasteiger partial charge >= 0.3 is 5.97 Å². The predicted octanol–water partition coefficient (Wildman–Crippen LogP) is 2.93. The standard InChI is InChI=1S/C22H34N6O2/c1-23-21-18(22(24-2)28(25-3)26-21)13-15-27-14-5-7-19(27)17-11-9-16(10-12-17)6-4-8-20(29)30/h9-12,19,24-25H,4-8,13-15H2,1-3H3,(H,23,26)(H,29,30)/t19-/m0/s1. The Hall–Kier alpha value is -2.74. The number of hydrogen-bond acceptors (Lipinski definition) is 6. The lowest BCUT2D eigenvalue weighted by Gasteiger charge is -2.25. The van der Waals surface area contributed by atoms with E-state index < -0.39 is 5.97 Å². The van der Waals surface area contributed by atoms with Crippen molar-refractivity contribution in [2.45, 2.75) is 44.6 Å². The Kier molecular flexibility index (Phi) is 7.57. The fourth-order valence-electron chi connectivity index (χ4n) is 4.38. The van der Waals surface area contributed by atoms with Crippen LogP contribution in [0, 0.1) is 0 Å². The maximum atomic E-state index is 10.7. The van der Waals surface area contributed by atoms with Crippen molar-refractivity contribution in [3.05, 3.63) is 41.0 Å². The molecule has 1 aromatic heterocycles. The van der Waals surface area contributed by atoms with Gasteiger partial charge in [-0.05, 0) is 49.8 Å². The number of aliphatic carboxylic acids is 1. The van der Waals surface area contributed by atoms with Crippen LogP contribution in [0.2, 0.25) is 0 Å². The second kappa shape index (κ2) is 10.3. The van der Waals surface area contributed by atoms with E-state index in [0.717, 1.165) is 37.6 Å². The Morgan fingerprint density at radius 3 is 2.57 bits per heavy atom. The fourth-order valence-corrected chi connectivity index (χ4v) is 4.38. The number of carboxylic acid groups (broad SMARTS) is 1. The van der Waals surface area contributed by atoms with Gasteiger partial charge in [-0.2, -0.15) is 4.79 Å². The van der Waals surface area contributed by atoms with Crippen molar-refractivity contribution in [2.75, 3.05) is 50.3 Å². The molecule has 0 amide bonds. The van der Waals surface area contributed by atoms with E-state index in [0.29, 0.717) is 12.5 Å². The third kappa shape index (κ3) is 5.05. The first-order valence-corrected chi connectivity index (χ1v) is 10.8. The zero-order valence-corrected chi connectivity index (χ0v) is 18.2. The maximum absolute atomic E-state index is 10.7. The van der Waals surface area contributed by atoms with Crippen molar-refractivity contribution in [2.24, 2.45) is 0 Å². The zero-order chi connectivity index (χ0) is 21.5. The van der Waals surface area contributed by atoms with Gasteiger partial charge in [0.2, 0.25) is 0 Å². The molecule has 0 spiro atoms. The number of carboxylic acids is 1. The van der Waals surface area contributed by atoms with Gasteiger partial charge < -0.3 is 21.2 Å². The molecule has 8 nitrogen and oxygen atoms in total. The molecule has 1 fully saturated rings. The van der Waals surface area contributed by atoms with Crippen molar-refractivity contribution >= 4 is 17.6 Å². The first kappa shape index (κ1) is 22.0. The quantitative estimate of drug-likeness (QED) is 0.449. The molecule has 1 aliphatic heterocycles. The number of hydrogen-bond donors (Lipinski definition) is 4. The topological polar surface area (TPSA) is 94.5 Å². The summed E-state index contributed by atoms with van der Waals surface area (Å²) in [6, 6.07) is 9.19. The zero-order valence-electron chi connectivity index (χ0n) is 18.2. The van der Waals surface area contributed by atoms with E-state index in [1.165, 1.54) is 29.5 Å². The molecule has 30 heavy (non-hydrogen) atoms. The fraction of sp³-hybridized carbons (Fsp3) is 0.545. The highest BCUT2D eigenvalue weighted by molar-refractivity contribution is 5.66. The largest absolute Gasteiger partial charge is 0.481 e. The van der Waals surface area contributed by atoms with Crippen LogP contribution in [0.5, 0.6) is 0 Å². The van der Waals surface area contributed by atoms with Crippen molar-refractivity contribution in [3.63, 3.8) is 0 Å². The molecule has 0 aliphatic carbocycles. The van der Waals surface area contributed by atoms with E-state index in [1.807, 2.05) is 21.1 Å². The summed E-state index contributed by atoms with van der Waals surface area (Å²) in [7, 11) is 5.69. The molecule has 0 unspecified atom stereocenters. The van der Waals surface area contributed by atoms with Gasteiger partial charge in [-0.25, -0.2) is 0 Å². The summed E-state index contributed by atoms with van der Waals surface area (Å²) in [6.07, 6.45) is 5.02. The minimum atomic E-state index is -0.726. The number of aromatic nitrogens is 2. The highest BCUT2D eigenvalue weighted by atomic mass is 16.4. The molecule has 164 valence electrons. The molecule has 0 radical (unpaired) electrons. The van der Waals surface area contributed by atoms with Crippen LogP contribution in [0.3, 0.4) is 0 Å². The summed E-state index contributed by atoms with van der Waals surface area (Å²) >= 11 is 0. The number of rotatable bonds is 11. The van der Waals surface area contributed by atoms with Gasteiger partial charge in [0.05, 0.1) is 0 Å². The summed E-state index contributed by atoms with van der Waals surface area (Å²) < 4.78 is 0. The molecule has 1 aromatic carbocycles. The van der Waals surface area contributed by atoms with Crippen LogP contribution < -0.4 is 16.1 Å². The lowest BCUT2D eigenvalue weighted by atomic mass is 10.0. The van der Waals surface area contributed by atoms with Crippen LogP contribution in [-0.2, 0) is 17.6 Å². The van der Waals surface area contributed by atoms with Crippen molar-refractivity contribution in [1.29, 1.82) is 0 Å². The second-order valence-corrected chi connectivity index (χ2v) is 7.74. The number of likely N-dealkylation sites (tertiary alicyclic amines) is 1. The van der Waals surface area contributed by atoms with E-state index in [2.05, 4.69) is 50.3 Å². The molecule has 0 bridgehead atoms. The van der Waals surface area contributed by atoms with Gasteiger partial charge in [-0.15, -0.1) is 5.10 Å². The molecule has 2 heterocycles. The van der Waals surface area contributed by atoms with Crippen LogP contribution in [-0.4, -0.2) is 60.1 Å². The van der Waals surface area contributed by atoms with Gasteiger partial charge in [0.1, 0.15) is 0 Å². The van der Waals surface area contributed by atoms with Crippen LogP contribution in [0.15, 0.2) is 24.3 Å². The molecule has 1 atom stereocenters. The SMILES string of the molecule is CNc1nn(NC)c(NC)c1CCN1CCC[C@H]1c1ccc(CCCC(=O)O)cc1. The molecular weight excluding hydrogens is 380 g/mol. The number of nitrogens with one attached hydrogen (secondary N) is 3. The van der Waals surface area contributed by atoms with Crippen LogP contribution in [0.25, 0.3) is 0 Å². The molecule has 1 aliphatic rings. The minimum absolute atomic E-state index is 0.228. The molecule has 3 rings (SSSR count). The van der Waals surface area contributed by atoms with Crippen LogP contribution in [0.1, 0.15) is 48.4 Å². The Morgan fingerprint density at radius 2 is 1.93 bits per heavy atom. The molecule has 1 saturated heterocycles. The Labute approximate surface area is 178 Å². The van der Waals surface area contributed by atoms with Gasteiger partial charge in [0.25, 0.3) is 0 Å². The highest BCUT2D eigenvalue weighted by Crippen LogP contribution is 2.33. The first-order valence-electron chi connectivity index (χ1n) is 10.8. The Balaban J connectivity index is 1.64. The summed E-state index contributed by atoms with van der Waals surface area (Å²) in [5.41, 5.74) is 6.84. The summed E-state index contributed by atoms with van der Waals surface area (Å²) in [6.45, 7) is 2.08. The van der Waals surface area contributed by atoms with Crippen LogP contribution in [0.4, 0.5) is 11.6 Å². The van der Waals surface area contributed by atoms with Gasteiger partial charge in [0, 0.05) is 45.7 Å². The van der Waals surface area contributed by atoms with E-state index in [4.69, 9.17) is 5.11 Å². The second-order valence-electron chi connectivity index (χ2n) is 7.74. The molecule has 8 heteroatoms. The number of benzene rings is 1. The molecule has 0 saturated carbocycles. The number of carbonyl (C=O) groups is 1. The lowest BCUT2D eigenvalue weighted by Crippen LogP contribution is -2.26. The first-order chi connectivity index (χ1) is 14.6. The average molecular weight is 415 g/mol. The monoisotopic (exact) mass is 414 g/mol. The molecule has 4 N–H and O–H groups in total. The Morgan fingerprint density at radius 1 is 1.17 bits per heavy atom. The molecule has 2 aromatic rings. The van der Waals surface area contributed by atoms with Crippen LogP contribution >= 0.6 is 0 Å². The summed E-state index contributed by atoms with van der Waals surface area (Å²) in [4.78, 5) is 15.0. The smallest absolute Gasteiger partial charge is 0.303 e. The number of aryl methyl sites for hydroxylation is 1. The van der Waals surface area contributed by atoms with E-state index >= 15 is 0 Å². The summed E-state index contributed by atoms with van der Waals surface area (Å²) in [5, 5.41) is 19.8. The average Bonchev–Trinajstić information content (AvgIpc) is 3.36. The van der Waals surface area contributed by atoms with Gasteiger partial charge in [-0.1, -0.05) is 24.3 Å². The summed E-state index contributed by atoms with van der Waals surface area (Å²) in [5.74, 6) is 1.16. The van der Waals surface area contributed by atoms with Crippen molar-refractivity contribution in [3.8, 4) is 0 Å². The third-order valence-electron chi connectivity index (χ3n) is 5.90. The minimum Gasteiger partial charge on any atom is -0.481 e. The predicted molar refractivity (Wildman–Crippen MR) is 121 cm³/mol. The highest BCUT2D eigenvalue weighted by Gasteiger charge is 2.27. The van der Waals surface area contributed by atoms with E-state index in [1.54, 1.807) is 4.79 Å². The van der Waals surface area contributed by atoms with Crippen molar-refractivity contribution in [1.82, 2.24) is 14.8 Å². The molecular formula is C22H34N6O2. The van der Waals surface area contributed by atoms with E-state index in [9.17, 15) is 4.79 Å². The maximum Gasteiger partial charge on any atom is 0.303 e. The van der Waals surface area contributed by atoms with Gasteiger partial charge in [-0.3, -0.25) is 9.69 Å². The number of anilines is 2. The Bertz CT molecular complexity index is 833. The number of nitrogens with zero attached hydrogens (tertiary/aromatic N) is 3. The van der Waals surface area contributed by atoms with Crippen molar-refractivity contribution < 1.29 is 9.90 Å². The third-order valence-corrected chi connectivity index (χ3v) is 5.90. The van der Waals surface area contributed by atoms with E-state index in [-0.39, 0.29) is 6.42 Å². The normalized spacial score (nSPS) is 16.6.